The Kier molecular flexibility index (Phi) is 4.99. The molecule has 13 heavy (non-hydrogen) atoms. The zero-order valence-electron chi connectivity index (χ0n) is 9.05. The van der Waals surface area contributed by atoms with Crippen molar-refractivity contribution >= 4 is 5.91 Å². The lowest BCUT2D eigenvalue weighted by molar-refractivity contribution is -0.122. The molecule has 0 aromatic rings. The minimum atomic E-state index is -0.216. The zero-order valence-corrected chi connectivity index (χ0v) is 9.05. The van der Waals surface area contributed by atoms with Crippen LogP contribution in [-0.4, -0.2) is 24.2 Å². The van der Waals surface area contributed by atoms with E-state index in [0.717, 1.165) is 0 Å². The Morgan fingerprint density at radius 1 is 1.46 bits per heavy atom. The molecule has 0 aliphatic carbocycles. The van der Waals surface area contributed by atoms with Crippen molar-refractivity contribution in [2.45, 2.75) is 34.1 Å². The van der Waals surface area contributed by atoms with E-state index in [1.54, 1.807) is 0 Å². The lowest BCUT2D eigenvalue weighted by Gasteiger charge is -2.22. The second-order valence-corrected chi connectivity index (χ2v) is 4.70. The van der Waals surface area contributed by atoms with Crippen molar-refractivity contribution in [1.82, 2.24) is 5.32 Å². The second kappa shape index (κ2) is 5.22. The fourth-order valence-electron chi connectivity index (χ4n) is 0.837. The first-order chi connectivity index (χ1) is 5.87. The number of carbonyl (C=O) groups excluding carboxylic acids is 1. The first-order valence-corrected chi connectivity index (χ1v) is 4.75. The molecule has 0 heterocycles. The van der Waals surface area contributed by atoms with Crippen LogP contribution < -0.4 is 5.32 Å². The average Bonchev–Trinajstić information content (AvgIpc) is 2.00. The quantitative estimate of drug-likeness (QED) is 0.678. The Hall–Kier alpha value is -0.570. The number of carbonyl (C=O) groups is 1. The van der Waals surface area contributed by atoms with Gasteiger partial charge in [-0.2, -0.15) is 0 Å². The van der Waals surface area contributed by atoms with Crippen molar-refractivity contribution in [3.8, 4) is 0 Å². The summed E-state index contributed by atoms with van der Waals surface area (Å²) in [6.07, 6.45) is 0.557. The Balaban J connectivity index is 3.70. The van der Waals surface area contributed by atoms with Gasteiger partial charge in [-0.3, -0.25) is 4.79 Å². The van der Waals surface area contributed by atoms with Gasteiger partial charge in [0, 0.05) is 25.0 Å². The Morgan fingerprint density at radius 3 is 2.38 bits per heavy atom. The van der Waals surface area contributed by atoms with E-state index in [1.165, 1.54) is 0 Å². The molecule has 0 aromatic heterocycles. The van der Waals surface area contributed by atoms with E-state index in [9.17, 15) is 4.79 Å². The van der Waals surface area contributed by atoms with Gasteiger partial charge in [0.05, 0.1) is 0 Å². The van der Waals surface area contributed by atoms with Crippen molar-refractivity contribution in [2.75, 3.05) is 13.2 Å². The fraction of sp³-hybridized carbons (Fsp3) is 0.900. The maximum Gasteiger partial charge on any atom is 0.220 e. The Morgan fingerprint density at radius 2 is 2.00 bits per heavy atom. The summed E-state index contributed by atoms with van der Waals surface area (Å²) in [7, 11) is 0. The summed E-state index contributed by atoms with van der Waals surface area (Å²) in [5.74, 6) is 0.453. The molecule has 1 amide bonds. The van der Waals surface area contributed by atoms with Crippen molar-refractivity contribution in [2.24, 2.45) is 11.3 Å². The van der Waals surface area contributed by atoms with Crippen LogP contribution in [0.25, 0.3) is 0 Å². The summed E-state index contributed by atoms with van der Waals surface area (Å²) in [5.41, 5.74) is -0.216. The van der Waals surface area contributed by atoms with Gasteiger partial charge >= 0.3 is 0 Å². The molecule has 0 unspecified atom stereocenters. The fourth-order valence-corrected chi connectivity index (χ4v) is 0.837. The van der Waals surface area contributed by atoms with Gasteiger partial charge in [-0.25, -0.2) is 0 Å². The van der Waals surface area contributed by atoms with Gasteiger partial charge in [0.25, 0.3) is 0 Å². The molecule has 3 nitrogen and oxygen atoms in total. The summed E-state index contributed by atoms with van der Waals surface area (Å²) in [6, 6.07) is 0. The lowest BCUT2D eigenvalue weighted by atomic mass is 9.95. The molecule has 0 fully saturated rings. The molecule has 0 radical (unpaired) electrons. The van der Waals surface area contributed by atoms with Gasteiger partial charge in [0.2, 0.25) is 5.91 Å². The maximum absolute atomic E-state index is 11.2. The minimum Gasteiger partial charge on any atom is -0.396 e. The highest BCUT2D eigenvalue weighted by Gasteiger charge is 2.17. The predicted octanol–water partition coefficient (Wildman–Crippen LogP) is 1.17. The number of hydrogen-bond donors (Lipinski definition) is 2. The third-order valence-electron chi connectivity index (χ3n) is 1.79. The van der Waals surface area contributed by atoms with Crippen LogP contribution in [-0.2, 0) is 4.79 Å². The normalized spacial score (nSPS) is 11.8. The molecule has 78 valence electrons. The molecule has 0 saturated carbocycles. The van der Waals surface area contributed by atoms with E-state index in [4.69, 9.17) is 5.11 Å². The Labute approximate surface area is 80.5 Å². The zero-order chi connectivity index (χ0) is 10.5. The number of nitrogens with one attached hydrogen (secondary N) is 1. The van der Waals surface area contributed by atoms with Gasteiger partial charge < -0.3 is 10.4 Å². The van der Waals surface area contributed by atoms with Crippen LogP contribution in [0, 0.1) is 11.3 Å². The molecule has 2 N–H and O–H groups in total. The van der Waals surface area contributed by atoms with Crippen molar-refractivity contribution in [3.05, 3.63) is 0 Å². The number of amides is 1. The molecule has 0 bridgehead atoms. The van der Waals surface area contributed by atoms with Crippen LogP contribution in [0.1, 0.15) is 34.1 Å². The maximum atomic E-state index is 11.2. The van der Waals surface area contributed by atoms with Gasteiger partial charge in [-0.05, 0) is 5.92 Å². The highest BCUT2D eigenvalue weighted by molar-refractivity contribution is 5.76. The van der Waals surface area contributed by atoms with Crippen LogP contribution in [0.3, 0.4) is 0 Å². The molecule has 0 spiro atoms. The van der Waals surface area contributed by atoms with Crippen molar-refractivity contribution < 1.29 is 9.90 Å². The first-order valence-electron chi connectivity index (χ1n) is 4.75. The highest BCUT2D eigenvalue weighted by atomic mass is 16.3. The SMILES string of the molecule is CC(C)CC(=O)NCC(C)(C)CO. The molecular weight excluding hydrogens is 166 g/mol. The van der Waals surface area contributed by atoms with E-state index >= 15 is 0 Å². The Bertz CT molecular complexity index is 164. The smallest absolute Gasteiger partial charge is 0.220 e. The third kappa shape index (κ3) is 6.58. The summed E-state index contributed by atoms with van der Waals surface area (Å²) >= 11 is 0. The summed E-state index contributed by atoms with van der Waals surface area (Å²) < 4.78 is 0. The van der Waals surface area contributed by atoms with Gasteiger partial charge in [0.1, 0.15) is 0 Å². The summed E-state index contributed by atoms with van der Waals surface area (Å²) in [4.78, 5) is 11.2. The van der Waals surface area contributed by atoms with Crippen molar-refractivity contribution in [3.63, 3.8) is 0 Å². The lowest BCUT2D eigenvalue weighted by Crippen LogP contribution is -2.36. The van der Waals surface area contributed by atoms with E-state index in [0.29, 0.717) is 18.9 Å². The van der Waals surface area contributed by atoms with Gasteiger partial charge in [0.15, 0.2) is 0 Å². The number of rotatable bonds is 5. The van der Waals surface area contributed by atoms with Crippen LogP contribution in [0.5, 0.6) is 0 Å². The number of hydrogen-bond acceptors (Lipinski definition) is 2. The van der Waals surface area contributed by atoms with Crippen LogP contribution in [0.15, 0.2) is 0 Å². The molecule has 0 saturated heterocycles. The third-order valence-corrected chi connectivity index (χ3v) is 1.79. The molecule has 0 atom stereocenters. The van der Waals surface area contributed by atoms with E-state index in [1.807, 2.05) is 27.7 Å². The van der Waals surface area contributed by atoms with E-state index in [2.05, 4.69) is 5.32 Å². The first kappa shape index (κ1) is 12.4. The second-order valence-electron chi connectivity index (χ2n) is 4.70. The predicted molar refractivity (Wildman–Crippen MR) is 53.3 cm³/mol. The standard InChI is InChI=1S/C10H21NO2/c1-8(2)5-9(13)11-6-10(3,4)7-12/h8,12H,5-7H2,1-4H3,(H,11,13). The monoisotopic (exact) mass is 187 g/mol. The van der Waals surface area contributed by atoms with E-state index in [-0.39, 0.29) is 17.9 Å². The topological polar surface area (TPSA) is 49.3 Å². The molecular formula is C10H21NO2. The highest BCUT2D eigenvalue weighted by Crippen LogP contribution is 2.11. The minimum absolute atomic E-state index is 0.0662. The largest absolute Gasteiger partial charge is 0.396 e. The van der Waals surface area contributed by atoms with E-state index < -0.39 is 0 Å². The van der Waals surface area contributed by atoms with Gasteiger partial charge in [-0.1, -0.05) is 27.7 Å². The molecule has 0 aromatic carbocycles. The molecule has 0 rings (SSSR count). The number of aliphatic hydroxyl groups excluding tert-OH is 1. The van der Waals surface area contributed by atoms with Crippen LogP contribution >= 0.6 is 0 Å². The molecule has 0 aliphatic rings. The molecule has 0 aliphatic heterocycles. The van der Waals surface area contributed by atoms with Crippen molar-refractivity contribution in [1.29, 1.82) is 0 Å². The average molecular weight is 187 g/mol. The summed E-state index contributed by atoms with van der Waals surface area (Å²) in [6.45, 7) is 8.49. The van der Waals surface area contributed by atoms with Gasteiger partial charge in [-0.15, -0.1) is 0 Å². The number of aliphatic hydroxyl groups is 1. The van der Waals surface area contributed by atoms with Crippen LogP contribution in [0.4, 0.5) is 0 Å². The summed E-state index contributed by atoms with van der Waals surface area (Å²) in [5, 5.41) is 11.7. The molecule has 3 heteroatoms. The van der Waals surface area contributed by atoms with Crippen LogP contribution in [0.2, 0.25) is 0 Å².